The van der Waals surface area contributed by atoms with E-state index in [9.17, 15) is 45.0 Å². The maximum absolute atomic E-state index is 12.4. The average molecular weight is 697 g/mol. The largest absolute Gasteiger partial charge is 0.396 e. The van der Waals surface area contributed by atoms with Gasteiger partial charge in [-0.2, -0.15) is 11.8 Å². The van der Waals surface area contributed by atoms with Crippen LogP contribution in [0.4, 0.5) is 0 Å². The predicted molar refractivity (Wildman–Crippen MR) is 172 cm³/mol. The van der Waals surface area contributed by atoms with Gasteiger partial charge in [0.2, 0.25) is 17.7 Å². The van der Waals surface area contributed by atoms with Crippen LogP contribution in [-0.4, -0.2) is 153 Å². The molecular weight excluding hydrogens is 640 g/mol. The number of hydrogen-bond acceptors (Lipinski definition) is 15. The molecule has 0 radical (unpaired) electrons. The summed E-state index contributed by atoms with van der Waals surface area (Å²) in [6, 6.07) is -2.64. The van der Waals surface area contributed by atoms with Gasteiger partial charge in [0.05, 0.1) is 18.8 Å². The van der Waals surface area contributed by atoms with Crippen LogP contribution in [0.5, 0.6) is 0 Å². The summed E-state index contributed by atoms with van der Waals surface area (Å²) in [5, 5.41) is 68.5. The molecule has 15 N–H and O–H groups in total. The van der Waals surface area contributed by atoms with E-state index in [1.54, 1.807) is 25.6 Å². The van der Waals surface area contributed by atoms with Gasteiger partial charge in [0.25, 0.3) is 0 Å². The van der Waals surface area contributed by atoms with E-state index in [0.29, 0.717) is 18.7 Å². The Morgan fingerprint density at radius 1 is 0.872 bits per heavy atom. The average Bonchev–Trinajstić information content (AvgIpc) is 3.03. The van der Waals surface area contributed by atoms with Crippen molar-refractivity contribution < 1.29 is 54.5 Å². The highest BCUT2D eigenvalue weighted by atomic mass is 32.2. The summed E-state index contributed by atoms with van der Waals surface area (Å²) >= 11 is 1.66. The lowest BCUT2D eigenvalue weighted by Crippen LogP contribution is -2.67. The third-order valence-electron chi connectivity index (χ3n) is 8.44. The Morgan fingerprint density at radius 3 is 2.23 bits per heavy atom. The van der Waals surface area contributed by atoms with Gasteiger partial charge in [0.15, 0.2) is 6.29 Å². The Kier molecular flexibility index (Phi) is 17.7. The fourth-order valence-corrected chi connectivity index (χ4v) is 5.99. The second-order valence-electron chi connectivity index (χ2n) is 12.9. The SMILES string of the molecule is CC(C)(CO)[C@@H](O)C(=O)NCCC(=O)NCCSCCCCCC(=O)NC[C@H]1O[C@H](OC2[C@@H](N)C[C@@H](N)[C@H](O)[C@H]2O)[C@H](N)[C@@H](O)[C@@H]1O. The molecule has 2 aliphatic rings. The number of aliphatic hydroxyl groups is 6. The molecule has 1 aliphatic carbocycles. The predicted octanol–water partition coefficient (Wildman–Crippen LogP) is -4.66. The third kappa shape index (κ3) is 12.9. The number of carbonyl (C=O) groups is 3. The van der Waals surface area contributed by atoms with Gasteiger partial charge in [-0.05, 0) is 25.0 Å². The highest BCUT2D eigenvalue weighted by molar-refractivity contribution is 7.99. The number of rotatable bonds is 19. The zero-order valence-corrected chi connectivity index (χ0v) is 28.0. The van der Waals surface area contributed by atoms with Gasteiger partial charge in [-0.1, -0.05) is 20.3 Å². The van der Waals surface area contributed by atoms with Crippen molar-refractivity contribution in [3.63, 3.8) is 0 Å². The summed E-state index contributed by atoms with van der Waals surface area (Å²) in [6.45, 7) is 3.19. The number of unbranched alkanes of at least 4 members (excludes halogenated alkanes) is 2. The van der Waals surface area contributed by atoms with E-state index in [1.807, 2.05) is 0 Å². The maximum Gasteiger partial charge on any atom is 0.249 e. The van der Waals surface area contributed by atoms with E-state index in [0.717, 1.165) is 18.6 Å². The molecule has 3 amide bonds. The van der Waals surface area contributed by atoms with E-state index in [-0.39, 0.29) is 50.8 Å². The molecule has 11 atom stereocenters. The first-order valence-electron chi connectivity index (χ1n) is 16.1. The molecule has 47 heavy (non-hydrogen) atoms. The molecule has 1 heterocycles. The van der Waals surface area contributed by atoms with Gasteiger partial charge in [0.1, 0.15) is 36.6 Å². The van der Waals surface area contributed by atoms with Gasteiger partial charge < -0.3 is 73.3 Å². The summed E-state index contributed by atoms with van der Waals surface area (Å²) in [5.74, 6) is 0.420. The van der Waals surface area contributed by atoms with Gasteiger partial charge in [0, 0.05) is 55.7 Å². The summed E-state index contributed by atoms with van der Waals surface area (Å²) in [6.07, 6.45) is -7.49. The van der Waals surface area contributed by atoms with Gasteiger partial charge >= 0.3 is 0 Å². The van der Waals surface area contributed by atoms with E-state index in [1.165, 1.54) is 0 Å². The zero-order chi connectivity index (χ0) is 35.3. The Morgan fingerprint density at radius 2 is 1.55 bits per heavy atom. The summed E-state index contributed by atoms with van der Waals surface area (Å²) in [5.41, 5.74) is 16.9. The number of thioether (sulfide) groups is 1. The number of carbonyl (C=O) groups excluding carboxylic acids is 3. The van der Waals surface area contributed by atoms with E-state index in [4.69, 9.17) is 26.7 Å². The van der Waals surface area contributed by atoms with Crippen LogP contribution >= 0.6 is 11.8 Å². The van der Waals surface area contributed by atoms with Crippen molar-refractivity contribution in [2.75, 3.05) is 37.7 Å². The van der Waals surface area contributed by atoms with Gasteiger partial charge in [-0.25, -0.2) is 0 Å². The molecule has 0 aromatic rings. The number of amides is 3. The molecule has 2 fully saturated rings. The molecule has 1 saturated heterocycles. The molecule has 1 saturated carbocycles. The minimum atomic E-state index is -1.44. The molecule has 18 heteroatoms. The number of hydrogen-bond donors (Lipinski definition) is 12. The van der Waals surface area contributed by atoms with Crippen molar-refractivity contribution in [1.82, 2.24) is 16.0 Å². The minimum Gasteiger partial charge on any atom is -0.396 e. The highest BCUT2D eigenvalue weighted by Crippen LogP contribution is 2.27. The van der Waals surface area contributed by atoms with Crippen molar-refractivity contribution in [2.24, 2.45) is 22.6 Å². The number of nitrogens with two attached hydrogens (primary N) is 3. The Labute approximate surface area is 279 Å². The molecule has 0 spiro atoms. The molecule has 1 unspecified atom stereocenters. The first-order valence-corrected chi connectivity index (χ1v) is 17.2. The van der Waals surface area contributed by atoms with Gasteiger partial charge in [-0.15, -0.1) is 0 Å². The van der Waals surface area contributed by atoms with Crippen LogP contribution in [-0.2, 0) is 23.9 Å². The van der Waals surface area contributed by atoms with Gasteiger partial charge in [-0.3, -0.25) is 14.4 Å². The van der Waals surface area contributed by atoms with Crippen LogP contribution in [0.25, 0.3) is 0 Å². The summed E-state index contributed by atoms with van der Waals surface area (Å²) in [4.78, 5) is 36.3. The Balaban J connectivity index is 1.56. The van der Waals surface area contributed by atoms with E-state index >= 15 is 0 Å². The van der Waals surface area contributed by atoms with Crippen molar-refractivity contribution >= 4 is 29.5 Å². The monoisotopic (exact) mass is 696 g/mol. The zero-order valence-electron chi connectivity index (χ0n) is 27.2. The summed E-state index contributed by atoms with van der Waals surface area (Å²) < 4.78 is 11.5. The molecule has 1 aliphatic heterocycles. The number of ether oxygens (including phenoxy) is 2. The third-order valence-corrected chi connectivity index (χ3v) is 9.51. The van der Waals surface area contributed by atoms with Crippen molar-refractivity contribution in [2.45, 2.75) is 120 Å². The summed E-state index contributed by atoms with van der Waals surface area (Å²) in [7, 11) is 0. The fourth-order valence-electron chi connectivity index (χ4n) is 5.13. The maximum atomic E-state index is 12.4. The quantitative estimate of drug-likeness (QED) is 0.0565. The molecular formula is C29H56N6O11S. The molecule has 17 nitrogen and oxygen atoms in total. The fraction of sp³-hybridized carbons (Fsp3) is 0.897. The highest BCUT2D eigenvalue weighted by Gasteiger charge is 2.48. The van der Waals surface area contributed by atoms with Crippen LogP contribution in [0, 0.1) is 5.41 Å². The van der Waals surface area contributed by atoms with E-state index in [2.05, 4.69) is 16.0 Å². The van der Waals surface area contributed by atoms with Crippen LogP contribution in [0.2, 0.25) is 0 Å². The Bertz CT molecular complexity index is 985. The lowest BCUT2D eigenvalue weighted by molar-refractivity contribution is -0.288. The van der Waals surface area contributed by atoms with Crippen molar-refractivity contribution in [3.05, 3.63) is 0 Å². The molecule has 0 bridgehead atoms. The minimum absolute atomic E-state index is 0.0684. The first kappa shape index (κ1) is 41.5. The van der Waals surface area contributed by atoms with Crippen molar-refractivity contribution in [1.29, 1.82) is 0 Å². The number of aliphatic hydroxyl groups excluding tert-OH is 6. The molecule has 274 valence electrons. The number of nitrogens with one attached hydrogen (secondary N) is 3. The Hall–Kier alpha value is -1.68. The molecule has 2 rings (SSSR count). The van der Waals surface area contributed by atoms with Crippen molar-refractivity contribution in [3.8, 4) is 0 Å². The molecule has 0 aromatic heterocycles. The van der Waals surface area contributed by atoms with Crippen LogP contribution in [0.1, 0.15) is 52.4 Å². The second kappa shape index (κ2) is 20.1. The van der Waals surface area contributed by atoms with E-state index < -0.39 is 78.5 Å². The smallest absolute Gasteiger partial charge is 0.249 e. The normalized spacial score (nSPS) is 32.0. The topological polar surface area (TPSA) is 305 Å². The van der Waals surface area contributed by atoms with Crippen LogP contribution in [0.15, 0.2) is 0 Å². The molecule has 0 aromatic carbocycles. The standard InChI is InChI=1S/C29H56N6O11S/c1-29(2,14-36)26(43)27(44)34-8-7-19(38)33-9-11-47-10-5-3-4-6-18(37)35-13-17-22(40)23(41)20(32)28(45-17)46-25-16(31)12-15(30)21(39)24(25)42/h15-17,20-26,28,36,39-43H,3-14,30-32H2,1-2H3,(H,33,38)(H,34,44)(H,35,37)/t15-,16+,17-,20-,21+,22-,23-,24-,25?,26+,28-/m1/s1. The van der Waals surface area contributed by atoms with Crippen LogP contribution in [0.3, 0.4) is 0 Å². The van der Waals surface area contributed by atoms with Crippen LogP contribution < -0.4 is 33.2 Å². The second-order valence-corrected chi connectivity index (χ2v) is 14.1. The first-order chi connectivity index (χ1) is 22.1. The lowest BCUT2D eigenvalue weighted by atomic mass is 9.84. The lowest BCUT2D eigenvalue weighted by Gasteiger charge is -2.45.